The maximum absolute atomic E-state index is 4.29. The summed E-state index contributed by atoms with van der Waals surface area (Å²) >= 11 is 6.52. The lowest BCUT2D eigenvalue weighted by atomic mass is 10.5. The van der Waals surface area contributed by atoms with Crippen molar-refractivity contribution in [3.63, 3.8) is 0 Å². The molecule has 66 valence electrons. The van der Waals surface area contributed by atoms with Gasteiger partial charge in [0.25, 0.3) is 0 Å². The summed E-state index contributed by atoms with van der Waals surface area (Å²) in [6.45, 7) is 0. The number of aromatic nitrogens is 2. The molecule has 13 heavy (non-hydrogen) atoms. The Hall–Kier alpha value is -0.390. The van der Waals surface area contributed by atoms with Crippen molar-refractivity contribution in [2.24, 2.45) is 0 Å². The van der Waals surface area contributed by atoms with Crippen LogP contribution >= 0.6 is 39.0 Å². The van der Waals surface area contributed by atoms with Crippen molar-refractivity contribution in [2.45, 2.75) is 9.37 Å². The van der Waals surface area contributed by atoms with E-state index in [0.29, 0.717) is 0 Å². The van der Waals surface area contributed by atoms with Gasteiger partial charge in [0, 0.05) is 11.6 Å². The minimum absolute atomic E-state index is 0.856. The predicted molar refractivity (Wildman–Crippen MR) is 58.2 cm³/mol. The smallest absolute Gasteiger partial charge is 0.156 e. The normalized spacial score (nSPS) is 10.2. The number of hydrogen-bond acceptors (Lipinski definition) is 4. The van der Waals surface area contributed by atoms with E-state index < -0.39 is 0 Å². The van der Waals surface area contributed by atoms with Crippen LogP contribution in [-0.2, 0) is 0 Å². The highest BCUT2D eigenvalue weighted by Gasteiger charge is 2.00. The first kappa shape index (κ1) is 9.18. The molecule has 2 rings (SSSR count). The first-order valence-electron chi connectivity index (χ1n) is 3.54. The molecule has 0 fully saturated rings. The van der Waals surface area contributed by atoms with E-state index in [0.717, 1.165) is 14.0 Å². The van der Waals surface area contributed by atoms with Gasteiger partial charge in [-0.05, 0) is 39.8 Å². The zero-order chi connectivity index (χ0) is 9.10. The van der Waals surface area contributed by atoms with E-state index in [2.05, 4.69) is 25.9 Å². The van der Waals surface area contributed by atoms with Crippen LogP contribution in [0.3, 0.4) is 0 Å². The molecule has 0 bridgehead atoms. The monoisotopic (exact) mass is 272 g/mol. The number of pyridine rings is 1. The summed E-state index contributed by atoms with van der Waals surface area (Å²) < 4.78 is 1.87. The Balaban J connectivity index is 2.19. The minimum atomic E-state index is 0.856. The van der Waals surface area contributed by atoms with E-state index in [9.17, 15) is 0 Å². The van der Waals surface area contributed by atoms with Gasteiger partial charge in [-0.1, -0.05) is 6.07 Å². The van der Waals surface area contributed by atoms with Gasteiger partial charge in [0.2, 0.25) is 0 Å². The van der Waals surface area contributed by atoms with Gasteiger partial charge in [-0.3, -0.25) is 0 Å². The Morgan fingerprint density at radius 1 is 1.38 bits per heavy atom. The maximum Gasteiger partial charge on any atom is 0.156 e. The average molecular weight is 273 g/mol. The molecule has 0 N–H and O–H groups in total. The van der Waals surface area contributed by atoms with Gasteiger partial charge < -0.3 is 0 Å². The lowest BCUT2D eigenvalue weighted by Gasteiger charge is -1.96. The summed E-state index contributed by atoms with van der Waals surface area (Å²) in [5.74, 6) is 0. The molecule has 0 saturated carbocycles. The van der Waals surface area contributed by atoms with Crippen LogP contribution in [0.25, 0.3) is 0 Å². The molecule has 0 amide bonds. The molecule has 0 aliphatic rings. The minimum Gasteiger partial charge on any atom is -0.238 e. The van der Waals surface area contributed by atoms with Gasteiger partial charge in [-0.2, -0.15) is 0 Å². The fourth-order valence-electron chi connectivity index (χ4n) is 0.797. The first-order chi connectivity index (χ1) is 6.34. The van der Waals surface area contributed by atoms with Crippen LogP contribution in [-0.4, -0.2) is 9.97 Å². The lowest BCUT2D eigenvalue weighted by molar-refractivity contribution is 1.10. The van der Waals surface area contributed by atoms with Crippen LogP contribution < -0.4 is 0 Å². The number of nitrogens with zero attached hydrogens (tertiary/aromatic N) is 2. The summed E-state index contributed by atoms with van der Waals surface area (Å²) in [4.78, 5) is 8.46. The van der Waals surface area contributed by atoms with Crippen molar-refractivity contribution in [1.82, 2.24) is 9.97 Å². The third-order valence-corrected chi connectivity index (χ3v) is 3.55. The first-order valence-corrected chi connectivity index (χ1v) is 6.03. The second-order valence-electron chi connectivity index (χ2n) is 2.20. The highest BCUT2D eigenvalue weighted by molar-refractivity contribution is 9.10. The third-order valence-electron chi connectivity index (χ3n) is 1.29. The van der Waals surface area contributed by atoms with Crippen molar-refractivity contribution in [3.05, 3.63) is 34.4 Å². The summed E-state index contributed by atoms with van der Waals surface area (Å²) in [5, 5.41) is 2.92. The highest BCUT2D eigenvalue weighted by Crippen LogP contribution is 2.28. The molecule has 2 nitrogen and oxygen atoms in total. The van der Waals surface area contributed by atoms with Gasteiger partial charge >= 0.3 is 0 Å². The fraction of sp³-hybridized carbons (Fsp3) is 0. The molecule has 0 unspecified atom stereocenters. The van der Waals surface area contributed by atoms with Crippen LogP contribution in [0.15, 0.2) is 43.7 Å². The quantitative estimate of drug-likeness (QED) is 0.784. The SMILES string of the molecule is Brc1cccc(Sc2nccs2)n1. The Morgan fingerprint density at radius 3 is 3.00 bits per heavy atom. The van der Waals surface area contributed by atoms with Gasteiger partial charge in [0.05, 0.1) is 0 Å². The molecule has 2 heterocycles. The molecule has 0 atom stereocenters. The van der Waals surface area contributed by atoms with Crippen LogP contribution in [0.1, 0.15) is 0 Å². The van der Waals surface area contributed by atoms with E-state index in [1.54, 1.807) is 29.3 Å². The molecule has 2 aromatic heterocycles. The summed E-state index contributed by atoms with van der Waals surface area (Å²) in [7, 11) is 0. The maximum atomic E-state index is 4.29. The summed E-state index contributed by atoms with van der Waals surface area (Å²) in [6, 6.07) is 5.84. The van der Waals surface area contributed by atoms with E-state index in [-0.39, 0.29) is 0 Å². The van der Waals surface area contributed by atoms with E-state index >= 15 is 0 Å². The average Bonchev–Trinajstić information content (AvgIpc) is 2.57. The zero-order valence-corrected chi connectivity index (χ0v) is 9.69. The number of rotatable bonds is 2. The van der Waals surface area contributed by atoms with Crippen LogP contribution in [0.5, 0.6) is 0 Å². The van der Waals surface area contributed by atoms with Crippen molar-refractivity contribution >= 4 is 39.0 Å². The largest absolute Gasteiger partial charge is 0.238 e. The number of hydrogen-bond donors (Lipinski definition) is 0. The number of halogens is 1. The van der Waals surface area contributed by atoms with E-state index in [4.69, 9.17) is 0 Å². The van der Waals surface area contributed by atoms with Gasteiger partial charge in [0.1, 0.15) is 9.63 Å². The molecule has 0 aliphatic heterocycles. The number of thiazole rings is 1. The highest BCUT2D eigenvalue weighted by atomic mass is 79.9. The Morgan fingerprint density at radius 2 is 2.31 bits per heavy atom. The molecule has 0 aliphatic carbocycles. The predicted octanol–water partition coefficient (Wildman–Crippen LogP) is 3.45. The van der Waals surface area contributed by atoms with Crippen LogP contribution in [0.2, 0.25) is 0 Å². The zero-order valence-electron chi connectivity index (χ0n) is 6.48. The Labute approximate surface area is 92.6 Å². The molecule has 2 aromatic rings. The standard InChI is InChI=1S/C8H5BrN2S2/c9-6-2-1-3-7(11-6)13-8-10-4-5-12-8/h1-5H. The van der Waals surface area contributed by atoms with Crippen molar-refractivity contribution < 1.29 is 0 Å². The van der Waals surface area contributed by atoms with Gasteiger partial charge in [-0.15, -0.1) is 11.3 Å². The molecular formula is C8H5BrN2S2. The van der Waals surface area contributed by atoms with Crippen LogP contribution in [0.4, 0.5) is 0 Å². The van der Waals surface area contributed by atoms with Crippen molar-refractivity contribution in [1.29, 1.82) is 0 Å². The lowest BCUT2D eigenvalue weighted by Crippen LogP contribution is -1.78. The second-order valence-corrected chi connectivity index (χ2v) is 5.17. The molecule has 0 saturated heterocycles. The summed E-state index contributed by atoms with van der Waals surface area (Å²) in [6.07, 6.45) is 1.80. The topological polar surface area (TPSA) is 25.8 Å². The van der Waals surface area contributed by atoms with Crippen molar-refractivity contribution in [3.8, 4) is 0 Å². The molecule has 0 aromatic carbocycles. The fourth-order valence-corrected chi connectivity index (χ4v) is 2.82. The van der Waals surface area contributed by atoms with E-state index in [1.807, 2.05) is 23.6 Å². The Bertz CT molecular complexity index is 389. The second kappa shape index (κ2) is 4.21. The van der Waals surface area contributed by atoms with E-state index in [1.165, 1.54) is 0 Å². The molecular weight excluding hydrogens is 268 g/mol. The molecule has 0 radical (unpaired) electrons. The van der Waals surface area contributed by atoms with Gasteiger partial charge in [-0.25, -0.2) is 9.97 Å². The molecule has 0 spiro atoms. The molecule has 5 heteroatoms. The van der Waals surface area contributed by atoms with Crippen LogP contribution in [0, 0.1) is 0 Å². The van der Waals surface area contributed by atoms with Crippen molar-refractivity contribution in [2.75, 3.05) is 0 Å². The third kappa shape index (κ3) is 2.52. The Kier molecular flexibility index (Phi) is 2.97. The summed E-state index contributed by atoms with van der Waals surface area (Å²) in [5.41, 5.74) is 0. The van der Waals surface area contributed by atoms with Gasteiger partial charge in [0.15, 0.2) is 4.34 Å².